The van der Waals surface area contributed by atoms with Crippen molar-refractivity contribution in [3.8, 4) is 17.6 Å². The molecule has 0 bridgehead atoms. The number of aromatic nitrogens is 2. The first-order valence-corrected chi connectivity index (χ1v) is 13.8. The Balaban J connectivity index is 1.26. The van der Waals surface area contributed by atoms with Crippen LogP contribution in [0.25, 0.3) is 10.9 Å². The van der Waals surface area contributed by atoms with Crippen LogP contribution in [0.5, 0.6) is 11.5 Å². The van der Waals surface area contributed by atoms with Crippen molar-refractivity contribution in [2.24, 2.45) is 0 Å². The molecule has 1 N–H and O–H groups in total. The van der Waals surface area contributed by atoms with Gasteiger partial charge in [0.25, 0.3) is 5.56 Å². The summed E-state index contributed by atoms with van der Waals surface area (Å²) in [6.45, 7) is 8.72. The fraction of sp³-hybridized carbons (Fsp3) is 0.467. The Bertz CT molecular complexity index is 1540. The number of carbonyl (C=O) groups excluding carboxylic acids is 1. The molecule has 2 aromatic heterocycles. The van der Waals surface area contributed by atoms with Crippen LogP contribution < -0.4 is 15.0 Å². The van der Waals surface area contributed by atoms with Crippen molar-refractivity contribution in [3.63, 3.8) is 0 Å². The van der Waals surface area contributed by atoms with Gasteiger partial charge in [0.05, 0.1) is 29.5 Å². The van der Waals surface area contributed by atoms with Gasteiger partial charge in [-0.2, -0.15) is 5.26 Å². The molecule has 41 heavy (non-hydrogen) atoms. The third-order valence-electron chi connectivity index (χ3n) is 7.31. The van der Waals surface area contributed by atoms with Crippen LogP contribution >= 0.6 is 0 Å². The molecule has 2 aliphatic rings. The number of benzene rings is 1. The smallest absolute Gasteiger partial charge is 0.410 e. The molecule has 0 aliphatic carbocycles. The lowest BCUT2D eigenvalue weighted by Crippen LogP contribution is -2.49. The Morgan fingerprint density at radius 1 is 1.22 bits per heavy atom. The van der Waals surface area contributed by atoms with Crippen molar-refractivity contribution in [2.75, 3.05) is 32.8 Å². The van der Waals surface area contributed by atoms with Gasteiger partial charge in [-0.25, -0.2) is 9.18 Å². The van der Waals surface area contributed by atoms with E-state index in [2.05, 4.69) is 20.9 Å². The van der Waals surface area contributed by atoms with E-state index in [9.17, 15) is 19.2 Å². The molecule has 11 heteroatoms. The number of nitrogens with zero attached hydrogens (tertiary/aromatic N) is 4. The summed E-state index contributed by atoms with van der Waals surface area (Å²) >= 11 is 0. The van der Waals surface area contributed by atoms with E-state index in [1.807, 2.05) is 26.8 Å². The normalized spacial score (nSPS) is 15.9. The van der Waals surface area contributed by atoms with Gasteiger partial charge in [0, 0.05) is 42.7 Å². The lowest BCUT2D eigenvalue weighted by Gasteiger charge is -2.39. The number of aromatic amines is 1. The number of H-pyrrole nitrogens is 1. The Hall–Kier alpha value is -4.17. The number of nitrogens with one attached hydrogen (secondary N) is 1. The maximum absolute atomic E-state index is 13.6. The minimum Gasteiger partial charge on any atom is -0.486 e. The number of fused-ring (bicyclic) bond motifs is 2. The van der Waals surface area contributed by atoms with Crippen LogP contribution in [0.1, 0.15) is 50.4 Å². The molecule has 0 radical (unpaired) electrons. The van der Waals surface area contributed by atoms with Gasteiger partial charge in [-0.15, -0.1) is 0 Å². The summed E-state index contributed by atoms with van der Waals surface area (Å²) in [6.07, 6.45) is 3.03. The van der Waals surface area contributed by atoms with Crippen LogP contribution in [-0.4, -0.2) is 70.4 Å². The highest BCUT2D eigenvalue weighted by molar-refractivity contribution is 5.85. The summed E-state index contributed by atoms with van der Waals surface area (Å²) in [5.41, 5.74) is 0.647. The summed E-state index contributed by atoms with van der Waals surface area (Å²) in [4.78, 5) is 37.2. The van der Waals surface area contributed by atoms with Crippen LogP contribution in [-0.2, 0) is 17.7 Å². The summed E-state index contributed by atoms with van der Waals surface area (Å²) in [7, 11) is 0. The standard InChI is InChI=1S/C30H34FN5O5/c1-30(2,3)41-29(38)36(18-20-15-26-27(17-33-20)40-13-12-39-26)21-6-9-35(10-7-21)11-8-23-24(16-32)22-5-4-19(31)14-25(22)34-28(23)37/h4-5,14-15,17,21H,6-13,18H2,1-3H3,(H,34,37). The van der Waals surface area contributed by atoms with E-state index in [-0.39, 0.29) is 23.7 Å². The predicted octanol–water partition coefficient (Wildman–Crippen LogP) is 4.15. The number of piperidine rings is 1. The molecule has 1 fully saturated rings. The summed E-state index contributed by atoms with van der Waals surface area (Å²) in [5.74, 6) is 0.734. The lowest BCUT2D eigenvalue weighted by atomic mass is 10.00. The molecule has 1 amide bonds. The molecule has 0 unspecified atom stereocenters. The monoisotopic (exact) mass is 563 g/mol. The number of hydrogen-bond acceptors (Lipinski definition) is 8. The Morgan fingerprint density at radius 3 is 2.66 bits per heavy atom. The van der Waals surface area contributed by atoms with Gasteiger partial charge in [0.2, 0.25) is 0 Å². The van der Waals surface area contributed by atoms with E-state index in [0.29, 0.717) is 85.8 Å². The van der Waals surface area contributed by atoms with E-state index in [0.717, 1.165) is 0 Å². The maximum Gasteiger partial charge on any atom is 0.410 e. The quantitative estimate of drug-likeness (QED) is 0.475. The molecule has 5 rings (SSSR count). The van der Waals surface area contributed by atoms with Crippen molar-refractivity contribution >= 4 is 17.0 Å². The second kappa shape index (κ2) is 11.7. The first-order chi connectivity index (χ1) is 19.6. The number of carbonyl (C=O) groups is 1. The number of pyridine rings is 2. The summed E-state index contributed by atoms with van der Waals surface area (Å²) in [6, 6.07) is 7.92. The van der Waals surface area contributed by atoms with Crippen LogP contribution in [0, 0.1) is 17.1 Å². The van der Waals surface area contributed by atoms with Crippen molar-refractivity contribution in [1.29, 1.82) is 5.26 Å². The Labute approximate surface area is 237 Å². The van der Waals surface area contributed by atoms with E-state index in [1.54, 1.807) is 11.1 Å². The molecular weight excluding hydrogens is 529 g/mol. The minimum atomic E-state index is -0.645. The highest BCUT2D eigenvalue weighted by atomic mass is 19.1. The van der Waals surface area contributed by atoms with Gasteiger partial charge in [-0.05, 0) is 58.2 Å². The molecule has 0 spiro atoms. The number of amides is 1. The molecule has 0 saturated carbocycles. The first kappa shape index (κ1) is 28.4. The molecular formula is C30H34FN5O5. The van der Waals surface area contributed by atoms with Gasteiger partial charge < -0.3 is 24.1 Å². The molecule has 216 valence electrons. The lowest BCUT2D eigenvalue weighted by molar-refractivity contribution is 0.00548. The van der Waals surface area contributed by atoms with Crippen molar-refractivity contribution < 1.29 is 23.4 Å². The molecule has 2 aliphatic heterocycles. The number of ether oxygens (including phenoxy) is 3. The number of likely N-dealkylation sites (tertiary alicyclic amines) is 1. The minimum absolute atomic E-state index is 0.0651. The second-order valence-corrected chi connectivity index (χ2v) is 11.4. The van der Waals surface area contributed by atoms with Crippen molar-refractivity contribution in [2.45, 2.75) is 58.2 Å². The average molecular weight is 564 g/mol. The van der Waals surface area contributed by atoms with Gasteiger partial charge >= 0.3 is 6.09 Å². The first-order valence-electron chi connectivity index (χ1n) is 13.8. The molecule has 10 nitrogen and oxygen atoms in total. The van der Waals surface area contributed by atoms with Crippen LogP contribution in [0.15, 0.2) is 35.3 Å². The number of hydrogen-bond donors (Lipinski definition) is 1. The third kappa shape index (κ3) is 6.60. The molecule has 3 aromatic rings. The third-order valence-corrected chi connectivity index (χ3v) is 7.31. The molecule has 0 atom stereocenters. The second-order valence-electron chi connectivity index (χ2n) is 11.4. The summed E-state index contributed by atoms with van der Waals surface area (Å²) in [5, 5.41) is 10.3. The maximum atomic E-state index is 13.6. The number of rotatable bonds is 6. The molecule has 1 saturated heterocycles. The van der Waals surface area contributed by atoms with Gasteiger partial charge in [0.15, 0.2) is 11.5 Å². The fourth-order valence-corrected chi connectivity index (χ4v) is 5.32. The van der Waals surface area contributed by atoms with Gasteiger partial charge in [-0.1, -0.05) is 0 Å². The van der Waals surface area contributed by atoms with Crippen LogP contribution in [0.3, 0.4) is 0 Å². The zero-order valence-electron chi connectivity index (χ0n) is 23.5. The van der Waals surface area contributed by atoms with Crippen LogP contribution in [0.4, 0.5) is 9.18 Å². The molecule has 4 heterocycles. The SMILES string of the molecule is CC(C)(C)OC(=O)N(Cc1cc2c(cn1)OCCO2)C1CCN(CCc2c(C#N)c3ccc(F)cc3[nH]c2=O)CC1. The highest BCUT2D eigenvalue weighted by Crippen LogP contribution is 2.31. The van der Waals surface area contributed by atoms with Gasteiger partial charge in [0.1, 0.15) is 30.7 Å². The zero-order chi connectivity index (χ0) is 29.1. The van der Waals surface area contributed by atoms with E-state index in [1.165, 1.54) is 18.2 Å². The van der Waals surface area contributed by atoms with E-state index < -0.39 is 17.5 Å². The topological polar surface area (TPSA) is 121 Å². The summed E-state index contributed by atoms with van der Waals surface area (Å²) < 4.78 is 30.7. The largest absolute Gasteiger partial charge is 0.486 e. The van der Waals surface area contributed by atoms with Crippen LogP contribution in [0.2, 0.25) is 0 Å². The van der Waals surface area contributed by atoms with Crippen molar-refractivity contribution in [3.05, 3.63) is 63.5 Å². The fourth-order valence-electron chi connectivity index (χ4n) is 5.32. The zero-order valence-corrected chi connectivity index (χ0v) is 23.5. The van der Waals surface area contributed by atoms with E-state index in [4.69, 9.17) is 14.2 Å². The Morgan fingerprint density at radius 2 is 1.95 bits per heavy atom. The highest BCUT2D eigenvalue weighted by Gasteiger charge is 2.32. The molecule has 1 aromatic carbocycles. The van der Waals surface area contributed by atoms with E-state index >= 15 is 0 Å². The Kier molecular flexibility index (Phi) is 8.13. The number of nitriles is 1. The van der Waals surface area contributed by atoms with Gasteiger partial charge in [-0.3, -0.25) is 14.7 Å². The predicted molar refractivity (Wildman–Crippen MR) is 149 cm³/mol. The average Bonchev–Trinajstić information content (AvgIpc) is 2.93. The number of halogens is 1. The van der Waals surface area contributed by atoms with Crippen molar-refractivity contribution in [1.82, 2.24) is 19.8 Å².